The molecule has 0 aromatic heterocycles. The molecule has 0 radical (unpaired) electrons. The first kappa shape index (κ1) is 13.4. The average Bonchev–Trinajstić information content (AvgIpc) is 2.25. The van der Waals surface area contributed by atoms with E-state index in [9.17, 15) is 10.1 Å². The molecule has 17 heavy (non-hydrogen) atoms. The number of aliphatic hydroxyl groups is 1. The van der Waals surface area contributed by atoms with Gasteiger partial charge in [-0.1, -0.05) is 6.07 Å². The van der Waals surface area contributed by atoms with E-state index in [1.54, 1.807) is 19.9 Å². The lowest BCUT2D eigenvalue weighted by Gasteiger charge is -2.10. The quantitative estimate of drug-likeness (QED) is 0.453. The number of rotatable bonds is 6. The van der Waals surface area contributed by atoms with Crippen molar-refractivity contribution in [2.45, 2.75) is 32.8 Å². The molecule has 0 amide bonds. The number of nitrogens with zero attached hydrogens (tertiary/aromatic N) is 1. The first-order valence-corrected chi connectivity index (χ1v) is 5.68. The molecule has 0 spiro atoms. The summed E-state index contributed by atoms with van der Waals surface area (Å²) in [6.07, 6.45) is 1.25. The van der Waals surface area contributed by atoms with Crippen LogP contribution in [0.2, 0.25) is 0 Å². The fourth-order valence-electron chi connectivity index (χ4n) is 1.63. The second-order valence-electron chi connectivity index (χ2n) is 4.12. The Labute approximate surface area is 101 Å². The molecule has 1 aromatic rings. The summed E-state index contributed by atoms with van der Waals surface area (Å²) in [4.78, 5) is 10.4. The summed E-state index contributed by atoms with van der Waals surface area (Å²) in [6, 6.07) is 4.99. The van der Waals surface area contributed by atoms with E-state index in [-0.39, 0.29) is 16.7 Å². The number of benzene rings is 1. The molecule has 2 N–H and O–H groups in total. The van der Waals surface area contributed by atoms with E-state index in [1.807, 2.05) is 6.07 Å². The van der Waals surface area contributed by atoms with Gasteiger partial charge in [0, 0.05) is 23.9 Å². The van der Waals surface area contributed by atoms with Crippen molar-refractivity contribution in [3.05, 3.63) is 33.9 Å². The SMILES string of the molecule is Cc1c(NCCCC(C)O)cccc1[N+](=O)[O-]. The van der Waals surface area contributed by atoms with Gasteiger partial charge in [-0.25, -0.2) is 0 Å². The lowest BCUT2D eigenvalue weighted by Crippen LogP contribution is -2.07. The maximum Gasteiger partial charge on any atom is 0.274 e. The lowest BCUT2D eigenvalue weighted by molar-refractivity contribution is -0.385. The molecule has 1 rings (SSSR count). The summed E-state index contributed by atoms with van der Waals surface area (Å²) in [5.74, 6) is 0. The monoisotopic (exact) mass is 238 g/mol. The first-order chi connectivity index (χ1) is 8.02. The van der Waals surface area contributed by atoms with Gasteiger partial charge in [0.05, 0.1) is 11.0 Å². The van der Waals surface area contributed by atoms with E-state index in [0.717, 1.165) is 18.5 Å². The van der Waals surface area contributed by atoms with Crippen molar-refractivity contribution in [1.29, 1.82) is 0 Å². The molecule has 0 heterocycles. The summed E-state index contributed by atoms with van der Waals surface area (Å²) in [5.41, 5.74) is 1.56. The van der Waals surface area contributed by atoms with Gasteiger partial charge in [0.25, 0.3) is 5.69 Å². The topological polar surface area (TPSA) is 75.4 Å². The largest absolute Gasteiger partial charge is 0.393 e. The van der Waals surface area contributed by atoms with Crippen LogP contribution >= 0.6 is 0 Å². The molecule has 0 aliphatic heterocycles. The Hall–Kier alpha value is -1.62. The van der Waals surface area contributed by atoms with E-state index >= 15 is 0 Å². The van der Waals surface area contributed by atoms with Crippen molar-refractivity contribution < 1.29 is 10.0 Å². The van der Waals surface area contributed by atoms with Crippen LogP contribution in [0.15, 0.2) is 18.2 Å². The van der Waals surface area contributed by atoms with Crippen LogP contribution in [-0.2, 0) is 0 Å². The summed E-state index contributed by atoms with van der Waals surface area (Å²) in [6.45, 7) is 4.18. The van der Waals surface area contributed by atoms with Gasteiger partial charge in [0.1, 0.15) is 0 Å². The number of nitro benzene ring substituents is 1. The van der Waals surface area contributed by atoms with Crippen LogP contribution in [0.3, 0.4) is 0 Å². The van der Waals surface area contributed by atoms with Crippen LogP contribution in [0.25, 0.3) is 0 Å². The van der Waals surface area contributed by atoms with Crippen LogP contribution in [0, 0.1) is 17.0 Å². The highest BCUT2D eigenvalue weighted by Crippen LogP contribution is 2.24. The number of aliphatic hydroxyl groups excluding tert-OH is 1. The Morgan fingerprint density at radius 2 is 2.24 bits per heavy atom. The van der Waals surface area contributed by atoms with Crippen molar-refractivity contribution in [2.75, 3.05) is 11.9 Å². The molecule has 0 aliphatic carbocycles. The minimum Gasteiger partial charge on any atom is -0.393 e. The summed E-state index contributed by atoms with van der Waals surface area (Å²) in [5, 5.41) is 23.0. The minimum atomic E-state index is -0.379. The average molecular weight is 238 g/mol. The highest BCUT2D eigenvalue weighted by atomic mass is 16.6. The Morgan fingerprint density at radius 3 is 2.82 bits per heavy atom. The van der Waals surface area contributed by atoms with Gasteiger partial charge in [-0.15, -0.1) is 0 Å². The van der Waals surface area contributed by atoms with Gasteiger partial charge in [0.15, 0.2) is 0 Å². The van der Waals surface area contributed by atoms with Crippen molar-refractivity contribution in [1.82, 2.24) is 0 Å². The van der Waals surface area contributed by atoms with Crippen molar-refractivity contribution in [3.8, 4) is 0 Å². The maximum atomic E-state index is 10.7. The van der Waals surface area contributed by atoms with Gasteiger partial charge >= 0.3 is 0 Å². The minimum absolute atomic E-state index is 0.130. The number of hydrogen-bond acceptors (Lipinski definition) is 4. The molecule has 1 unspecified atom stereocenters. The fraction of sp³-hybridized carbons (Fsp3) is 0.500. The molecule has 1 aromatic carbocycles. The number of nitro groups is 1. The highest BCUT2D eigenvalue weighted by molar-refractivity contribution is 5.59. The smallest absolute Gasteiger partial charge is 0.274 e. The molecule has 94 valence electrons. The van der Waals surface area contributed by atoms with E-state index in [1.165, 1.54) is 6.07 Å². The van der Waals surface area contributed by atoms with Crippen LogP contribution in [-0.4, -0.2) is 22.7 Å². The van der Waals surface area contributed by atoms with Crippen LogP contribution in [0.5, 0.6) is 0 Å². The van der Waals surface area contributed by atoms with Gasteiger partial charge in [-0.05, 0) is 32.8 Å². The summed E-state index contributed by atoms with van der Waals surface area (Å²) in [7, 11) is 0. The van der Waals surface area contributed by atoms with Gasteiger partial charge in [-0.2, -0.15) is 0 Å². The second-order valence-corrected chi connectivity index (χ2v) is 4.12. The number of hydrogen-bond donors (Lipinski definition) is 2. The standard InChI is InChI=1S/C12H18N2O3/c1-9(15)5-4-8-13-11-6-3-7-12(10(11)2)14(16)17/h3,6-7,9,13,15H,4-5,8H2,1-2H3. The van der Waals surface area contributed by atoms with Crippen LogP contribution in [0.4, 0.5) is 11.4 Å². The van der Waals surface area contributed by atoms with E-state index in [2.05, 4.69) is 5.32 Å². The molecule has 0 aliphatic rings. The second kappa shape index (κ2) is 6.20. The predicted octanol–water partition coefficient (Wildman–Crippen LogP) is 2.48. The molecular formula is C12H18N2O3. The zero-order valence-electron chi connectivity index (χ0n) is 10.1. The third-order valence-corrected chi connectivity index (χ3v) is 2.62. The molecule has 5 nitrogen and oxygen atoms in total. The Balaban J connectivity index is 2.59. The Kier molecular flexibility index (Phi) is 4.90. The van der Waals surface area contributed by atoms with Crippen molar-refractivity contribution in [3.63, 3.8) is 0 Å². The normalized spacial score (nSPS) is 12.2. The molecule has 0 saturated carbocycles. The van der Waals surface area contributed by atoms with E-state index in [4.69, 9.17) is 5.11 Å². The van der Waals surface area contributed by atoms with Crippen LogP contribution < -0.4 is 5.32 Å². The lowest BCUT2D eigenvalue weighted by atomic mass is 10.1. The molecule has 0 fully saturated rings. The van der Waals surface area contributed by atoms with E-state index < -0.39 is 0 Å². The highest BCUT2D eigenvalue weighted by Gasteiger charge is 2.12. The Morgan fingerprint density at radius 1 is 1.53 bits per heavy atom. The van der Waals surface area contributed by atoms with Crippen LogP contribution in [0.1, 0.15) is 25.3 Å². The summed E-state index contributed by atoms with van der Waals surface area (Å²) >= 11 is 0. The fourth-order valence-corrected chi connectivity index (χ4v) is 1.63. The Bertz CT molecular complexity index is 391. The number of anilines is 1. The zero-order valence-corrected chi connectivity index (χ0v) is 10.1. The number of nitrogens with one attached hydrogen (secondary N) is 1. The third-order valence-electron chi connectivity index (χ3n) is 2.62. The molecule has 1 atom stereocenters. The van der Waals surface area contributed by atoms with Gasteiger partial charge in [0.2, 0.25) is 0 Å². The van der Waals surface area contributed by atoms with Gasteiger partial charge in [-0.3, -0.25) is 10.1 Å². The van der Waals surface area contributed by atoms with Crippen molar-refractivity contribution >= 4 is 11.4 Å². The molecule has 0 saturated heterocycles. The van der Waals surface area contributed by atoms with Crippen molar-refractivity contribution in [2.24, 2.45) is 0 Å². The van der Waals surface area contributed by atoms with Gasteiger partial charge < -0.3 is 10.4 Å². The predicted molar refractivity (Wildman–Crippen MR) is 67.2 cm³/mol. The first-order valence-electron chi connectivity index (χ1n) is 5.68. The molecular weight excluding hydrogens is 220 g/mol. The zero-order chi connectivity index (χ0) is 12.8. The van der Waals surface area contributed by atoms with E-state index in [0.29, 0.717) is 12.1 Å². The maximum absolute atomic E-state index is 10.7. The summed E-state index contributed by atoms with van der Waals surface area (Å²) < 4.78 is 0. The third kappa shape index (κ3) is 4.03. The molecule has 0 bridgehead atoms. The molecule has 5 heteroatoms.